The van der Waals surface area contributed by atoms with Crippen molar-refractivity contribution in [2.75, 3.05) is 13.2 Å². The minimum absolute atomic E-state index is 0.412. The predicted molar refractivity (Wildman–Crippen MR) is 123 cm³/mol. The second-order valence-electron chi connectivity index (χ2n) is 7.76. The van der Waals surface area contributed by atoms with Crippen LogP contribution in [0.4, 0.5) is 0 Å². The molecule has 1 aromatic carbocycles. The van der Waals surface area contributed by atoms with Crippen molar-refractivity contribution in [3.05, 3.63) is 30.3 Å². The quantitative estimate of drug-likeness (QED) is 0.154. The molecule has 0 radical (unpaired) electrons. The minimum atomic E-state index is -3.57. The van der Waals surface area contributed by atoms with Gasteiger partial charge in [0.05, 0.1) is 13.2 Å². The summed E-state index contributed by atoms with van der Waals surface area (Å²) in [6.07, 6.45) is 16.6. The van der Waals surface area contributed by atoms with Crippen LogP contribution >= 0.6 is 7.82 Å². The van der Waals surface area contributed by atoms with Crippen LogP contribution in [0.1, 0.15) is 104 Å². The SMILES string of the molecule is CCCCCCCCCOP(=O)(OCCCCCCCCC)Oc1ccccc1. The maximum Gasteiger partial charge on any atom is 0.530 e. The molecule has 0 saturated heterocycles. The summed E-state index contributed by atoms with van der Waals surface area (Å²) < 4.78 is 30.0. The lowest BCUT2D eigenvalue weighted by molar-refractivity contribution is 0.150. The molecule has 0 N–H and O–H groups in total. The van der Waals surface area contributed by atoms with E-state index in [2.05, 4.69) is 13.8 Å². The lowest BCUT2D eigenvalue weighted by atomic mass is 10.1. The zero-order valence-electron chi connectivity index (χ0n) is 18.8. The van der Waals surface area contributed by atoms with E-state index >= 15 is 0 Å². The van der Waals surface area contributed by atoms with Crippen molar-refractivity contribution in [1.82, 2.24) is 0 Å². The monoisotopic (exact) mass is 426 g/mol. The highest BCUT2D eigenvalue weighted by Gasteiger charge is 2.28. The van der Waals surface area contributed by atoms with Gasteiger partial charge in [0.15, 0.2) is 0 Å². The molecule has 0 saturated carbocycles. The molecule has 29 heavy (non-hydrogen) atoms. The van der Waals surface area contributed by atoms with Crippen molar-refractivity contribution < 1.29 is 18.1 Å². The number of benzene rings is 1. The molecule has 0 aliphatic rings. The van der Waals surface area contributed by atoms with E-state index in [9.17, 15) is 4.57 Å². The molecular weight excluding hydrogens is 383 g/mol. The molecule has 0 aliphatic carbocycles. The number of phosphoric acid groups is 1. The molecule has 0 aromatic heterocycles. The molecule has 0 aliphatic heterocycles. The summed E-state index contributed by atoms with van der Waals surface area (Å²) >= 11 is 0. The van der Waals surface area contributed by atoms with Crippen LogP contribution in [0.3, 0.4) is 0 Å². The molecule has 1 aromatic rings. The maximum absolute atomic E-state index is 13.1. The molecule has 168 valence electrons. The van der Waals surface area contributed by atoms with E-state index in [0.29, 0.717) is 19.0 Å². The summed E-state index contributed by atoms with van der Waals surface area (Å²) in [5, 5.41) is 0. The first kappa shape index (κ1) is 26.2. The summed E-state index contributed by atoms with van der Waals surface area (Å²) in [4.78, 5) is 0. The second kappa shape index (κ2) is 18.0. The third-order valence-corrected chi connectivity index (χ3v) is 6.39. The number of rotatable bonds is 20. The standard InChI is InChI=1S/C24H43O4P/c1-3-5-7-9-11-13-18-22-26-29(25,28-24-20-16-15-17-21-24)27-23-19-14-12-10-8-6-4-2/h15-17,20-21H,3-14,18-19,22-23H2,1-2H3. The molecule has 0 heterocycles. The maximum atomic E-state index is 13.1. The van der Waals surface area contributed by atoms with Crippen LogP contribution in [0.5, 0.6) is 5.75 Å². The average molecular weight is 427 g/mol. The zero-order valence-corrected chi connectivity index (χ0v) is 19.7. The Morgan fingerprint density at radius 2 is 1.03 bits per heavy atom. The Labute approximate surface area is 179 Å². The van der Waals surface area contributed by atoms with Crippen LogP contribution in [-0.4, -0.2) is 13.2 Å². The summed E-state index contributed by atoms with van der Waals surface area (Å²) in [6, 6.07) is 9.16. The van der Waals surface area contributed by atoms with Crippen LogP contribution in [-0.2, 0) is 13.6 Å². The Balaban J connectivity index is 2.31. The van der Waals surface area contributed by atoms with Gasteiger partial charge in [-0.25, -0.2) is 4.57 Å². The molecular formula is C24H43O4P. The first-order valence-electron chi connectivity index (χ1n) is 11.8. The summed E-state index contributed by atoms with van der Waals surface area (Å²) in [6.45, 7) is 5.28. The molecule has 1 rings (SSSR count). The van der Waals surface area contributed by atoms with Gasteiger partial charge >= 0.3 is 7.82 Å². The third-order valence-electron chi connectivity index (χ3n) is 4.96. The Kier molecular flexibility index (Phi) is 16.2. The Morgan fingerprint density at radius 3 is 1.48 bits per heavy atom. The molecule has 0 spiro atoms. The minimum Gasteiger partial charge on any atom is -0.404 e. The van der Waals surface area contributed by atoms with Crippen LogP contribution < -0.4 is 4.52 Å². The van der Waals surface area contributed by atoms with Gasteiger partial charge in [0.25, 0.3) is 0 Å². The van der Waals surface area contributed by atoms with Gasteiger partial charge in [-0.1, -0.05) is 109 Å². The van der Waals surface area contributed by atoms with Crippen LogP contribution in [0.2, 0.25) is 0 Å². The summed E-state index contributed by atoms with van der Waals surface area (Å²) in [7, 11) is -3.57. The van der Waals surface area contributed by atoms with Crippen molar-refractivity contribution in [3.8, 4) is 5.75 Å². The van der Waals surface area contributed by atoms with Gasteiger partial charge in [0, 0.05) is 0 Å². The van der Waals surface area contributed by atoms with Gasteiger partial charge in [-0.3, -0.25) is 9.05 Å². The zero-order chi connectivity index (χ0) is 21.0. The smallest absolute Gasteiger partial charge is 0.404 e. The lowest BCUT2D eigenvalue weighted by Gasteiger charge is -2.18. The predicted octanol–water partition coefficient (Wildman–Crippen LogP) is 8.71. The molecule has 0 fully saturated rings. The van der Waals surface area contributed by atoms with E-state index in [1.54, 1.807) is 12.1 Å². The van der Waals surface area contributed by atoms with Gasteiger partial charge in [-0.2, -0.15) is 0 Å². The highest BCUT2D eigenvalue weighted by molar-refractivity contribution is 7.48. The second-order valence-corrected chi connectivity index (χ2v) is 9.35. The van der Waals surface area contributed by atoms with Crippen LogP contribution in [0.25, 0.3) is 0 Å². The van der Waals surface area contributed by atoms with E-state index in [1.807, 2.05) is 18.2 Å². The fourth-order valence-electron chi connectivity index (χ4n) is 3.17. The van der Waals surface area contributed by atoms with E-state index in [0.717, 1.165) is 25.7 Å². The molecule has 0 bridgehead atoms. The van der Waals surface area contributed by atoms with Gasteiger partial charge in [-0.05, 0) is 25.0 Å². The fourth-order valence-corrected chi connectivity index (χ4v) is 4.44. The van der Waals surface area contributed by atoms with Gasteiger partial charge < -0.3 is 4.52 Å². The normalized spacial score (nSPS) is 11.7. The van der Waals surface area contributed by atoms with Crippen molar-refractivity contribution in [3.63, 3.8) is 0 Å². The first-order valence-corrected chi connectivity index (χ1v) is 13.3. The highest BCUT2D eigenvalue weighted by atomic mass is 31.2. The van der Waals surface area contributed by atoms with Crippen LogP contribution in [0.15, 0.2) is 30.3 Å². The lowest BCUT2D eigenvalue weighted by Crippen LogP contribution is -2.05. The topological polar surface area (TPSA) is 44.8 Å². The summed E-state index contributed by atoms with van der Waals surface area (Å²) in [5.41, 5.74) is 0. The fraction of sp³-hybridized carbons (Fsp3) is 0.750. The third kappa shape index (κ3) is 14.7. The molecule has 0 amide bonds. The number of hydrogen-bond donors (Lipinski definition) is 0. The first-order chi connectivity index (χ1) is 14.2. The van der Waals surface area contributed by atoms with E-state index in [-0.39, 0.29) is 0 Å². The summed E-state index contributed by atoms with van der Waals surface area (Å²) in [5.74, 6) is 0.523. The Bertz CT molecular complexity index is 497. The Hall–Kier alpha value is -0.830. The van der Waals surface area contributed by atoms with Gasteiger partial charge in [0.1, 0.15) is 5.75 Å². The largest absolute Gasteiger partial charge is 0.530 e. The van der Waals surface area contributed by atoms with Crippen molar-refractivity contribution >= 4 is 7.82 Å². The average Bonchev–Trinajstić information content (AvgIpc) is 2.73. The van der Waals surface area contributed by atoms with Gasteiger partial charge in [-0.15, -0.1) is 0 Å². The number of para-hydroxylation sites is 1. The molecule has 4 nitrogen and oxygen atoms in total. The van der Waals surface area contributed by atoms with E-state index < -0.39 is 7.82 Å². The Morgan fingerprint density at radius 1 is 0.621 bits per heavy atom. The number of unbranched alkanes of at least 4 members (excludes halogenated alkanes) is 12. The molecule has 0 atom stereocenters. The van der Waals surface area contributed by atoms with Crippen LogP contribution in [0, 0.1) is 0 Å². The van der Waals surface area contributed by atoms with Gasteiger partial charge in [0.2, 0.25) is 0 Å². The van der Waals surface area contributed by atoms with E-state index in [1.165, 1.54) is 64.2 Å². The molecule has 0 unspecified atom stereocenters. The molecule has 5 heteroatoms. The highest BCUT2D eigenvalue weighted by Crippen LogP contribution is 2.49. The number of phosphoric ester groups is 1. The van der Waals surface area contributed by atoms with Crippen molar-refractivity contribution in [2.45, 2.75) is 104 Å². The van der Waals surface area contributed by atoms with Crippen molar-refractivity contribution in [2.24, 2.45) is 0 Å². The number of hydrogen-bond acceptors (Lipinski definition) is 4. The van der Waals surface area contributed by atoms with E-state index in [4.69, 9.17) is 13.6 Å². The van der Waals surface area contributed by atoms with Crippen molar-refractivity contribution in [1.29, 1.82) is 0 Å².